The Kier molecular flexibility index (Phi) is 6.02. The second-order valence-corrected chi connectivity index (χ2v) is 5.48. The number of nitrogens with two attached hydrogens (primary N) is 1. The van der Waals surface area contributed by atoms with Crippen LogP contribution in [0.4, 0.5) is 0 Å². The van der Waals surface area contributed by atoms with E-state index in [4.69, 9.17) is 15.7 Å². The molecule has 1 fully saturated rings. The molecule has 0 aliphatic carbocycles. The molecule has 2 atom stereocenters. The van der Waals surface area contributed by atoms with E-state index in [1.807, 2.05) is 30.3 Å². The van der Waals surface area contributed by atoms with Crippen LogP contribution in [0, 0.1) is 0 Å². The van der Waals surface area contributed by atoms with Crippen molar-refractivity contribution in [2.24, 2.45) is 10.9 Å². The number of hydrogen-bond donors (Lipinski definition) is 2. The number of amidine groups is 1. The van der Waals surface area contributed by atoms with Gasteiger partial charge in [0.05, 0.1) is 12.0 Å². The molecular weight excluding hydrogens is 266 g/mol. The number of ether oxygens (including phenoxy) is 1. The lowest BCUT2D eigenvalue weighted by Crippen LogP contribution is -2.39. The van der Waals surface area contributed by atoms with E-state index in [0.717, 1.165) is 44.6 Å². The quantitative estimate of drug-likeness (QED) is 0.349. The van der Waals surface area contributed by atoms with Gasteiger partial charge in [-0.1, -0.05) is 42.4 Å². The number of benzene rings is 1. The summed E-state index contributed by atoms with van der Waals surface area (Å²) in [4.78, 5) is 2.31. The van der Waals surface area contributed by atoms with Crippen LogP contribution in [0.15, 0.2) is 35.5 Å². The number of oxime groups is 1. The monoisotopic (exact) mass is 291 g/mol. The third-order valence-electron chi connectivity index (χ3n) is 4.05. The molecule has 0 bridgehead atoms. The van der Waals surface area contributed by atoms with Crippen LogP contribution in [0.1, 0.15) is 31.2 Å². The van der Waals surface area contributed by atoms with Gasteiger partial charge in [-0.05, 0) is 24.9 Å². The maximum Gasteiger partial charge on any atom is 0.147 e. The summed E-state index contributed by atoms with van der Waals surface area (Å²) in [5.74, 6) is 0.157. The molecule has 5 nitrogen and oxygen atoms in total. The maximum absolute atomic E-state index is 9.06. The second-order valence-electron chi connectivity index (χ2n) is 5.48. The van der Waals surface area contributed by atoms with Gasteiger partial charge in [0, 0.05) is 19.7 Å². The van der Waals surface area contributed by atoms with Crippen LogP contribution < -0.4 is 5.73 Å². The van der Waals surface area contributed by atoms with Crippen molar-refractivity contribution < 1.29 is 9.94 Å². The molecule has 116 valence electrons. The van der Waals surface area contributed by atoms with Gasteiger partial charge in [0.2, 0.25) is 0 Å². The number of hydrogen-bond acceptors (Lipinski definition) is 4. The minimum Gasteiger partial charge on any atom is -0.409 e. The fourth-order valence-corrected chi connectivity index (χ4v) is 2.79. The molecule has 5 heteroatoms. The minimum atomic E-state index is -0.0995. The summed E-state index contributed by atoms with van der Waals surface area (Å²) in [5.41, 5.74) is 6.97. The highest BCUT2D eigenvalue weighted by Gasteiger charge is 2.23. The van der Waals surface area contributed by atoms with Crippen molar-refractivity contribution in [3.8, 4) is 0 Å². The molecule has 0 radical (unpaired) electrons. The van der Waals surface area contributed by atoms with E-state index in [1.54, 1.807) is 0 Å². The molecule has 3 N–H and O–H groups in total. The lowest BCUT2D eigenvalue weighted by atomic mass is 9.97. The highest BCUT2D eigenvalue weighted by Crippen LogP contribution is 2.19. The Morgan fingerprint density at radius 1 is 1.48 bits per heavy atom. The molecular formula is C16H25N3O2. The van der Waals surface area contributed by atoms with Crippen molar-refractivity contribution in [2.75, 3.05) is 26.2 Å². The lowest BCUT2D eigenvalue weighted by Gasteiger charge is -2.28. The van der Waals surface area contributed by atoms with Gasteiger partial charge in [-0.3, -0.25) is 4.90 Å². The molecule has 0 amide bonds. The summed E-state index contributed by atoms with van der Waals surface area (Å²) in [5, 5.41) is 12.3. The molecule has 1 aliphatic rings. The molecule has 0 saturated carbocycles. The molecule has 0 spiro atoms. The number of nitrogens with zero attached hydrogens (tertiary/aromatic N) is 2. The van der Waals surface area contributed by atoms with Gasteiger partial charge in [-0.15, -0.1) is 0 Å². The predicted octanol–water partition coefficient (Wildman–Crippen LogP) is 2.02. The van der Waals surface area contributed by atoms with Gasteiger partial charge in [0.1, 0.15) is 5.84 Å². The first kappa shape index (κ1) is 15.8. The smallest absolute Gasteiger partial charge is 0.147 e. The first-order valence-electron chi connectivity index (χ1n) is 7.61. The van der Waals surface area contributed by atoms with Gasteiger partial charge in [-0.25, -0.2) is 0 Å². The SMILES string of the molecule is CCN(CC1CCCO1)CC(C(N)=NO)c1ccccc1. The fraction of sp³-hybridized carbons (Fsp3) is 0.562. The first-order valence-corrected chi connectivity index (χ1v) is 7.61. The van der Waals surface area contributed by atoms with Crippen LogP contribution in [-0.2, 0) is 4.74 Å². The molecule has 1 saturated heterocycles. The van der Waals surface area contributed by atoms with Crippen molar-refractivity contribution in [1.29, 1.82) is 0 Å². The molecule has 2 rings (SSSR count). The lowest BCUT2D eigenvalue weighted by molar-refractivity contribution is 0.0743. The zero-order chi connectivity index (χ0) is 15.1. The van der Waals surface area contributed by atoms with E-state index in [1.165, 1.54) is 0 Å². The fourth-order valence-electron chi connectivity index (χ4n) is 2.79. The van der Waals surface area contributed by atoms with Crippen LogP contribution in [0.5, 0.6) is 0 Å². The molecule has 1 heterocycles. The normalized spacial score (nSPS) is 20.9. The Morgan fingerprint density at radius 3 is 2.81 bits per heavy atom. The third kappa shape index (κ3) is 4.44. The highest BCUT2D eigenvalue weighted by molar-refractivity contribution is 5.87. The minimum absolute atomic E-state index is 0.0995. The largest absolute Gasteiger partial charge is 0.409 e. The summed E-state index contributed by atoms with van der Waals surface area (Å²) in [6.45, 7) is 5.55. The summed E-state index contributed by atoms with van der Waals surface area (Å²) in [6, 6.07) is 9.95. The van der Waals surface area contributed by atoms with Gasteiger partial charge in [-0.2, -0.15) is 0 Å². The molecule has 1 aromatic rings. The average molecular weight is 291 g/mol. The standard InChI is InChI=1S/C16H25N3O2/c1-2-19(11-14-9-6-10-21-14)12-15(16(17)18-20)13-7-4-3-5-8-13/h3-5,7-8,14-15,20H,2,6,9-12H2,1H3,(H2,17,18). The van der Waals surface area contributed by atoms with Crippen molar-refractivity contribution in [1.82, 2.24) is 4.90 Å². The Bertz CT molecular complexity index is 444. The van der Waals surface area contributed by atoms with Crippen molar-refractivity contribution in [3.05, 3.63) is 35.9 Å². The van der Waals surface area contributed by atoms with Crippen LogP contribution in [0.3, 0.4) is 0 Å². The van der Waals surface area contributed by atoms with Crippen LogP contribution in [0.25, 0.3) is 0 Å². The van der Waals surface area contributed by atoms with E-state index in [0.29, 0.717) is 6.10 Å². The van der Waals surface area contributed by atoms with Gasteiger partial charge in [0.25, 0.3) is 0 Å². The summed E-state index contributed by atoms with van der Waals surface area (Å²) in [7, 11) is 0. The van der Waals surface area contributed by atoms with Gasteiger partial charge in [0.15, 0.2) is 0 Å². The molecule has 1 aromatic carbocycles. The average Bonchev–Trinajstić information content (AvgIpc) is 3.04. The van der Waals surface area contributed by atoms with Gasteiger partial charge < -0.3 is 15.7 Å². The second kappa shape index (κ2) is 8.00. The van der Waals surface area contributed by atoms with E-state index in [9.17, 15) is 0 Å². The van der Waals surface area contributed by atoms with Crippen LogP contribution in [0.2, 0.25) is 0 Å². The Balaban J connectivity index is 2.06. The zero-order valence-electron chi connectivity index (χ0n) is 12.6. The number of likely N-dealkylation sites (N-methyl/N-ethyl adjacent to an activating group) is 1. The van der Waals surface area contributed by atoms with E-state index >= 15 is 0 Å². The summed E-state index contributed by atoms with van der Waals surface area (Å²) >= 11 is 0. The molecule has 2 unspecified atom stereocenters. The van der Waals surface area contributed by atoms with E-state index < -0.39 is 0 Å². The Labute approximate surface area is 126 Å². The molecule has 21 heavy (non-hydrogen) atoms. The summed E-state index contributed by atoms with van der Waals surface area (Å²) in [6.07, 6.45) is 2.58. The predicted molar refractivity (Wildman–Crippen MR) is 83.7 cm³/mol. The van der Waals surface area contributed by atoms with Crippen LogP contribution in [-0.4, -0.2) is 48.3 Å². The van der Waals surface area contributed by atoms with E-state index in [-0.39, 0.29) is 11.8 Å². The first-order chi connectivity index (χ1) is 10.2. The topological polar surface area (TPSA) is 71.1 Å². The van der Waals surface area contributed by atoms with Gasteiger partial charge >= 0.3 is 0 Å². The summed E-state index contributed by atoms with van der Waals surface area (Å²) < 4.78 is 5.71. The highest BCUT2D eigenvalue weighted by atomic mass is 16.5. The third-order valence-corrected chi connectivity index (χ3v) is 4.05. The van der Waals surface area contributed by atoms with Crippen LogP contribution >= 0.6 is 0 Å². The van der Waals surface area contributed by atoms with Crippen molar-refractivity contribution >= 4 is 5.84 Å². The Morgan fingerprint density at radius 2 is 2.24 bits per heavy atom. The Hall–Kier alpha value is -1.59. The molecule has 0 aromatic heterocycles. The van der Waals surface area contributed by atoms with Crippen molar-refractivity contribution in [2.45, 2.75) is 31.8 Å². The number of rotatable bonds is 7. The molecule has 1 aliphatic heterocycles. The zero-order valence-corrected chi connectivity index (χ0v) is 12.6. The van der Waals surface area contributed by atoms with E-state index in [2.05, 4.69) is 17.0 Å². The maximum atomic E-state index is 9.06. The van der Waals surface area contributed by atoms with Crippen molar-refractivity contribution in [3.63, 3.8) is 0 Å².